The van der Waals surface area contributed by atoms with E-state index in [4.69, 9.17) is 4.74 Å². The predicted octanol–water partition coefficient (Wildman–Crippen LogP) is 2.74. The summed E-state index contributed by atoms with van der Waals surface area (Å²) in [6.07, 6.45) is 4.12. The molecule has 4 heteroatoms. The summed E-state index contributed by atoms with van der Waals surface area (Å²) in [5, 5.41) is 0. The highest BCUT2D eigenvalue weighted by Crippen LogP contribution is 2.28. The molecule has 0 aromatic carbocycles. The van der Waals surface area contributed by atoms with Crippen LogP contribution < -0.4 is 5.56 Å². The molecule has 1 aromatic rings. The van der Waals surface area contributed by atoms with Gasteiger partial charge >= 0.3 is 0 Å². The van der Waals surface area contributed by atoms with Crippen molar-refractivity contribution in [3.8, 4) is 0 Å². The van der Waals surface area contributed by atoms with Crippen LogP contribution in [0.1, 0.15) is 32.7 Å². The van der Waals surface area contributed by atoms with E-state index in [9.17, 15) is 4.79 Å². The molecule has 2 heterocycles. The van der Waals surface area contributed by atoms with Crippen LogP contribution in [0.5, 0.6) is 0 Å². The maximum Gasteiger partial charge on any atom is 0.250 e. The maximum absolute atomic E-state index is 11.8. The summed E-state index contributed by atoms with van der Waals surface area (Å²) in [6.45, 7) is 4.12. The van der Waals surface area contributed by atoms with E-state index in [1.807, 2.05) is 10.8 Å². The van der Waals surface area contributed by atoms with Crippen molar-refractivity contribution in [3.05, 3.63) is 33.2 Å². The fourth-order valence-electron chi connectivity index (χ4n) is 2.36. The van der Waals surface area contributed by atoms with Gasteiger partial charge in [0.15, 0.2) is 0 Å². The lowest BCUT2D eigenvalue weighted by Crippen LogP contribution is -2.35. The van der Waals surface area contributed by atoms with Gasteiger partial charge in [0.05, 0.1) is 12.2 Å². The summed E-state index contributed by atoms with van der Waals surface area (Å²) in [7, 11) is 0. The average molecular weight is 286 g/mol. The highest BCUT2D eigenvalue weighted by Gasteiger charge is 2.25. The predicted molar refractivity (Wildman–Crippen MR) is 66.7 cm³/mol. The Morgan fingerprint density at radius 1 is 1.31 bits per heavy atom. The van der Waals surface area contributed by atoms with Gasteiger partial charge in [-0.25, -0.2) is 0 Å². The van der Waals surface area contributed by atoms with Crippen LogP contribution in [-0.2, 0) is 4.74 Å². The molecule has 0 aliphatic carbocycles. The van der Waals surface area contributed by atoms with Gasteiger partial charge in [-0.3, -0.25) is 4.79 Å². The minimum Gasteiger partial charge on any atom is -0.375 e. The van der Waals surface area contributed by atoms with Gasteiger partial charge in [-0.1, -0.05) is 0 Å². The molecule has 1 aromatic heterocycles. The zero-order chi connectivity index (χ0) is 11.7. The van der Waals surface area contributed by atoms with Crippen LogP contribution >= 0.6 is 15.9 Å². The molecule has 16 heavy (non-hydrogen) atoms. The van der Waals surface area contributed by atoms with Crippen LogP contribution in [0.25, 0.3) is 0 Å². The fraction of sp³-hybridized carbons (Fsp3) is 0.583. The van der Waals surface area contributed by atoms with Gasteiger partial charge in [-0.2, -0.15) is 0 Å². The molecule has 0 spiro atoms. The number of ether oxygens (including phenoxy) is 1. The second-order valence-electron chi connectivity index (χ2n) is 4.48. The van der Waals surface area contributed by atoms with Crippen molar-refractivity contribution in [2.45, 2.75) is 44.9 Å². The third kappa shape index (κ3) is 2.55. The Hall–Kier alpha value is -0.610. The normalized spacial score (nSPS) is 30.3. The van der Waals surface area contributed by atoms with E-state index >= 15 is 0 Å². The van der Waals surface area contributed by atoms with Gasteiger partial charge < -0.3 is 9.30 Å². The van der Waals surface area contributed by atoms with E-state index in [-0.39, 0.29) is 23.8 Å². The largest absolute Gasteiger partial charge is 0.375 e. The van der Waals surface area contributed by atoms with E-state index in [0.717, 1.165) is 17.3 Å². The second kappa shape index (κ2) is 4.72. The van der Waals surface area contributed by atoms with Crippen molar-refractivity contribution in [2.24, 2.45) is 0 Å². The molecule has 3 atom stereocenters. The standard InChI is InChI=1S/C12H16BrNO2/c1-8-5-11(6-9(2)16-8)14-7-10(13)3-4-12(14)15/h3-4,7-9,11H,5-6H2,1-2H3/t8-,9+,11?. The summed E-state index contributed by atoms with van der Waals surface area (Å²) < 4.78 is 8.44. The Labute approximate surface area is 104 Å². The SMILES string of the molecule is C[C@@H]1CC(n2cc(Br)ccc2=O)C[C@H](C)O1. The molecule has 0 saturated carbocycles. The van der Waals surface area contributed by atoms with E-state index in [0.29, 0.717) is 0 Å². The molecule has 88 valence electrons. The number of nitrogens with zero attached hydrogens (tertiary/aromatic N) is 1. The summed E-state index contributed by atoms with van der Waals surface area (Å²) >= 11 is 3.40. The molecule has 1 fully saturated rings. The van der Waals surface area contributed by atoms with Gasteiger partial charge in [0.25, 0.3) is 5.56 Å². The molecule has 0 N–H and O–H groups in total. The van der Waals surface area contributed by atoms with Crippen molar-refractivity contribution >= 4 is 15.9 Å². The van der Waals surface area contributed by atoms with Crippen LogP contribution in [0.15, 0.2) is 27.6 Å². The van der Waals surface area contributed by atoms with E-state index in [2.05, 4.69) is 29.8 Å². The molecule has 2 rings (SSSR count). The minimum absolute atomic E-state index is 0.0644. The first-order valence-electron chi connectivity index (χ1n) is 5.59. The Morgan fingerprint density at radius 2 is 1.94 bits per heavy atom. The zero-order valence-electron chi connectivity index (χ0n) is 9.52. The highest BCUT2D eigenvalue weighted by molar-refractivity contribution is 9.10. The first-order valence-corrected chi connectivity index (χ1v) is 6.38. The lowest BCUT2D eigenvalue weighted by atomic mass is 9.99. The van der Waals surface area contributed by atoms with Crippen molar-refractivity contribution in [3.63, 3.8) is 0 Å². The molecule has 3 nitrogen and oxygen atoms in total. The Balaban J connectivity index is 2.29. The van der Waals surface area contributed by atoms with Crippen LogP contribution in [0, 0.1) is 0 Å². The number of aromatic nitrogens is 1. The molecular formula is C12H16BrNO2. The number of rotatable bonds is 1. The topological polar surface area (TPSA) is 31.2 Å². The Bertz CT molecular complexity index is 419. The van der Waals surface area contributed by atoms with Crippen LogP contribution in [0.3, 0.4) is 0 Å². The number of pyridine rings is 1. The van der Waals surface area contributed by atoms with Crippen LogP contribution in [-0.4, -0.2) is 16.8 Å². The highest BCUT2D eigenvalue weighted by atomic mass is 79.9. The van der Waals surface area contributed by atoms with E-state index in [1.54, 1.807) is 12.1 Å². The summed E-state index contributed by atoms with van der Waals surface area (Å²) in [5.41, 5.74) is 0.0644. The zero-order valence-corrected chi connectivity index (χ0v) is 11.1. The first kappa shape index (κ1) is 11.9. The van der Waals surface area contributed by atoms with E-state index < -0.39 is 0 Å². The summed E-state index contributed by atoms with van der Waals surface area (Å²) in [6, 6.07) is 3.64. The third-order valence-electron chi connectivity index (χ3n) is 2.97. The third-order valence-corrected chi connectivity index (χ3v) is 3.44. The molecule has 0 bridgehead atoms. The monoisotopic (exact) mass is 285 g/mol. The number of hydrogen-bond acceptors (Lipinski definition) is 2. The fourth-order valence-corrected chi connectivity index (χ4v) is 2.71. The lowest BCUT2D eigenvalue weighted by Gasteiger charge is -2.33. The maximum atomic E-state index is 11.8. The Kier molecular flexibility index (Phi) is 3.50. The van der Waals surface area contributed by atoms with Crippen LogP contribution in [0.2, 0.25) is 0 Å². The van der Waals surface area contributed by atoms with Crippen molar-refractivity contribution in [2.75, 3.05) is 0 Å². The first-order chi connectivity index (χ1) is 7.56. The summed E-state index contributed by atoms with van der Waals surface area (Å²) in [4.78, 5) is 11.8. The van der Waals surface area contributed by atoms with Gasteiger partial charge in [-0.15, -0.1) is 0 Å². The molecule has 1 aliphatic rings. The van der Waals surface area contributed by atoms with Crippen LogP contribution in [0.4, 0.5) is 0 Å². The van der Waals surface area contributed by atoms with Gasteiger partial charge in [0.2, 0.25) is 0 Å². The smallest absolute Gasteiger partial charge is 0.250 e. The molecule has 1 saturated heterocycles. The lowest BCUT2D eigenvalue weighted by molar-refractivity contribution is -0.0492. The second-order valence-corrected chi connectivity index (χ2v) is 5.39. The molecular weight excluding hydrogens is 270 g/mol. The minimum atomic E-state index is 0.0644. The summed E-state index contributed by atoms with van der Waals surface area (Å²) in [5.74, 6) is 0. The van der Waals surface area contributed by atoms with E-state index in [1.165, 1.54) is 0 Å². The van der Waals surface area contributed by atoms with Gasteiger partial charge in [0, 0.05) is 22.8 Å². The van der Waals surface area contributed by atoms with Crippen molar-refractivity contribution < 1.29 is 4.74 Å². The van der Waals surface area contributed by atoms with Gasteiger partial charge in [-0.05, 0) is 48.7 Å². The molecule has 1 aliphatic heterocycles. The average Bonchev–Trinajstić information content (AvgIpc) is 2.20. The Morgan fingerprint density at radius 3 is 2.56 bits per heavy atom. The van der Waals surface area contributed by atoms with Crippen molar-refractivity contribution in [1.29, 1.82) is 0 Å². The molecule has 1 unspecified atom stereocenters. The van der Waals surface area contributed by atoms with Crippen molar-refractivity contribution in [1.82, 2.24) is 4.57 Å². The number of hydrogen-bond donors (Lipinski definition) is 0. The number of halogens is 1. The molecule has 0 amide bonds. The quantitative estimate of drug-likeness (QED) is 0.795. The molecule has 0 radical (unpaired) electrons. The van der Waals surface area contributed by atoms with Gasteiger partial charge in [0.1, 0.15) is 0 Å².